The molecule has 1 aliphatic heterocycles. The standard InChI is InChI=1S/C16H24N2O2.ClH/c1-12-4-5-13(10-14(12)20-3)15(19)18-11-16(2)6-8-17-9-7-16;/h4-5,10,17H,6-9,11H2,1-3H3,(H,18,19);1H. The molecular formula is C16H25ClN2O2. The summed E-state index contributed by atoms with van der Waals surface area (Å²) >= 11 is 0. The molecule has 1 amide bonds. The van der Waals surface area contributed by atoms with Gasteiger partial charge in [0.25, 0.3) is 5.91 Å². The van der Waals surface area contributed by atoms with E-state index in [1.807, 2.05) is 19.1 Å². The Morgan fingerprint density at radius 1 is 1.38 bits per heavy atom. The Labute approximate surface area is 133 Å². The number of piperidine rings is 1. The number of aryl methyl sites for hydroxylation is 1. The molecule has 1 heterocycles. The largest absolute Gasteiger partial charge is 0.496 e. The van der Waals surface area contributed by atoms with E-state index in [1.165, 1.54) is 0 Å². The molecule has 0 atom stereocenters. The third kappa shape index (κ3) is 4.61. The number of rotatable bonds is 4. The lowest BCUT2D eigenvalue weighted by Crippen LogP contribution is -2.42. The van der Waals surface area contributed by atoms with E-state index in [-0.39, 0.29) is 23.7 Å². The molecule has 5 heteroatoms. The predicted molar refractivity (Wildman–Crippen MR) is 87.5 cm³/mol. The van der Waals surface area contributed by atoms with Gasteiger partial charge < -0.3 is 15.4 Å². The van der Waals surface area contributed by atoms with E-state index in [0.717, 1.165) is 43.8 Å². The first-order valence-electron chi connectivity index (χ1n) is 7.18. The molecular weight excluding hydrogens is 288 g/mol. The van der Waals surface area contributed by atoms with Gasteiger partial charge in [0, 0.05) is 12.1 Å². The zero-order valence-corrected chi connectivity index (χ0v) is 13.8. The molecule has 0 bridgehead atoms. The Bertz CT molecular complexity index is 485. The molecule has 1 aliphatic rings. The first-order chi connectivity index (χ1) is 9.54. The lowest BCUT2D eigenvalue weighted by molar-refractivity contribution is 0.0922. The van der Waals surface area contributed by atoms with Gasteiger partial charge in [0.05, 0.1) is 7.11 Å². The van der Waals surface area contributed by atoms with Crippen LogP contribution in [0.2, 0.25) is 0 Å². The third-order valence-electron chi connectivity index (χ3n) is 4.16. The fourth-order valence-electron chi connectivity index (χ4n) is 2.56. The Hall–Kier alpha value is -1.26. The minimum Gasteiger partial charge on any atom is -0.496 e. The molecule has 0 unspecified atom stereocenters. The summed E-state index contributed by atoms with van der Waals surface area (Å²) in [7, 11) is 1.63. The SMILES string of the molecule is COc1cc(C(=O)NCC2(C)CCNCC2)ccc1C.Cl. The van der Waals surface area contributed by atoms with Crippen LogP contribution in [0, 0.1) is 12.3 Å². The topological polar surface area (TPSA) is 50.4 Å². The van der Waals surface area contributed by atoms with E-state index in [0.29, 0.717) is 5.56 Å². The third-order valence-corrected chi connectivity index (χ3v) is 4.16. The summed E-state index contributed by atoms with van der Waals surface area (Å²) in [6, 6.07) is 5.56. The number of hydrogen-bond donors (Lipinski definition) is 2. The molecule has 1 saturated heterocycles. The minimum atomic E-state index is -0.0249. The van der Waals surface area contributed by atoms with Crippen molar-refractivity contribution >= 4 is 18.3 Å². The molecule has 0 saturated carbocycles. The summed E-state index contributed by atoms with van der Waals surface area (Å²) in [5.74, 6) is 0.730. The van der Waals surface area contributed by atoms with E-state index in [2.05, 4.69) is 17.6 Å². The van der Waals surface area contributed by atoms with Crippen molar-refractivity contribution in [2.45, 2.75) is 26.7 Å². The molecule has 0 aromatic heterocycles. The summed E-state index contributed by atoms with van der Waals surface area (Å²) in [6.07, 6.45) is 2.20. The van der Waals surface area contributed by atoms with E-state index >= 15 is 0 Å². The maximum absolute atomic E-state index is 12.2. The van der Waals surface area contributed by atoms with Crippen LogP contribution in [0.4, 0.5) is 0 Å². The van der Waals surface area contributed by atoms with Crippen LogP contribution in [0.5, 0.6) is 5.75 Å². The van der Waals surface area contributed by atoms with Crippen LogP contribution < -0.4 is 15.4 Å². The van der Waals surface area contributed by atoms with Crippen LogP contribution in [0.1, 0.15) is 35.7 Å². The van der Waals surface area contributed by atoms with Crippen LogP contribution in [0.3, 0.4) is 0 Å². The highest BCUT2D eigenvalue weighted by atomic mass is 35.5. The maximum Gasteiger partial charge on any atom is 0.251 e. The Kier molecular flexibility index (Phi) is 6.49. The van der Waals surface area contributed by atoms with E-state index in [9.17, 15) is 4.79 Å². The van der Waals surface area contributed by atoms with Crippen LogP contribution in [-0.2, 0) is 0 Å². The van der Waals surface area contributed by atoms with Gasteiger partial charge in [-0.3, -0.25) is 4.79 Å². The van der Waals surface area contributed by atoms with Gasteiger partial charge in [-0.05, 0) is 56.0 Å². The van der Waals surface area contributed by atoms with Gasteiger partial charge in [-0.25, -0.2) is 0 Å². The van der Waals surface area contributed by atoms with Crippen molar-refractivity contribution in [3.8, 4) is 5.75 Å². The van der Waals surface area contributed by atoms with Crippen molar-refractivity contribution in [3.63, 3.8) is 0 Å². The number of ether oxygens (including phenoxy) is 1. The number of methoxy groups -OCH3 is 1. The van der Waals surface area contributed by atoms with E-state index < -0.39 is 0 Å². The lowest BCUT2D eigenvalue weighted by atomic mass is 9.81. The fraction of sp³-hybridized carbons (Fsp3) is 0.562. The second-order valence-corrected chi connectivity index (χ2v) is 5.93. The van der Waals surface area contributed by atoms with Gasteiger partial charge in [-0.2, -0.15) is 0 Å². The first-order valence-corrected chi connectivity index (χ1v) is 7.18. The number of benzene rings is 1. The van der Waals surface area contributed by atoms with Crippen molar-refractivity contribution < 1.29 is 9.53 Å². The van der Waals surface area contributed by atoms with Crippen molar-refractivity contribution in [2.24, 2.45) is 5.41 Å². The zero-order valence-electron chi connectivity index (χ0n) is 13.0. The fourth-order valence-corrected chi connectivity index (χ4v) is 2.56. The van der Waals surface area contributed by atoms with E-state index in [4.69, 9.17) is 4.74 Å². The molecule has 1 fully saturated rings. The molecule has 2 rings (SSSR count). The Morgan fingerprint density at radius 3 is 2.67 bits per heavy atom. The summed E-state index contributed by atoms with van der Waals surface area (Å²) in [4.78, 5) is 12.2. The highest BCUT2D eigenvalue weighted by molar-refractivity contribution is 5.94. The second-order valence-electron chi connectivity index (χ2n) is 5.93. The summed E-state index contributed by atoms with van der Waals surface area (Å²) in [5, 5.41) is 6.41. The smallest absolute Gasteiger partial charge is 0.251 e. The number of carbonyl (C=O) groups excluding carboxylic acids is 1. The average Bonchev–Trinajstić information content (AvgIpc) is 2.46. The zero-order chi connectivity index (χ0) is 14.6. The van der Waals surface area contributed by atoms with Gasteiger partial charge in [0.2, 0.25) is 0 Å². The molecule has 0 spiro atoms. The van der Waals surface area contributed by atoms with E-state index in [1.54, 1.807) is 13.2 Å². The van der Waals surface area contributed by atoms with Gasteiger partial charge in [0.15, 0.2) is 0 Å². The predicted octanol–water partition coefficient (Wildman–Crippen LogP) is 2.54. The number of nitrogens with one attached hydrogen (secondary N) is 2. The molecule has 4 nitrogen and oxygen atoms in total. The van der Waals surface area contributed by atoms with Gasteiger partial charge in [0.1, 0.15) is 5.75 Å². The Morgan fingerprint density at radius 2 is 2.05 bits per heavy atom. The number of carbonyl (C=O) groups is 1. The minimum absolute atomic E-state index is 0. The van der Waals surface area contributed by atoms with Gasteiger partial charge in [-0.15, -0.1) is 12.4 Å². The molecule has 118 valence electrons. The average molecular weight is 313 g/mol. The monoisotopic (exact) mass is 312 g/mol. The van der Waals surface area contributed by atoms with Gasteiger partial charge >= 0.3 is 0 Å². The quantitative estimate of drug-likeness (QED) is 0.898. The lowest BCUT2D eigenvalue weighted by Gasteiger charge is -2.34. The maximum atomic E-state index is 12.2. The number of hydrogen-bond acceptors (Lipinski definition) is 3. The van der Waals surface area contributed by atoms with Crippen molar-refractivity contribution in [2.75, 3.05) is 26.7 Å². The molecule has 1 aromatic carbocycles. The molecule has 0 radical (unpaired) electrons. The summed E-state index contributed by atoms with van der Waals surface area (Å²) in [5.41, 5.74) is 1.90. The Balaban J connectivity index is 0.00000220. The van der Waals surface area contributed by atoms with Gasteiger partial charge in [-0.1, -0.05) is 13.0 Å². The highest BCUT2D eigenvalue weighted by Crippen LogP contribution is 2.27. The molecule has 1 aromatic rings. The van der Waals surface area contributed by atoms with Crippen molar-refractivity contribution in [3.05, 3.63) is 29.3 Å². The second kappa shape index (κ2) is 7.66. The van der Waals surface area contributed by atoms with Crippen molar-refractivity contribution in [1.29, 1.82) is 0 Å². The number of amides is 1. The van der Waals surface area contributed by atoms with Crippen LogP contribution in [0.25, 0.3) is 0 Å². The van der Waals surface area contributed by atoms with Crippen LogP contribution >= 0.6 is 12.4 Å². The summed E-state index contributed by atoms with van der Waals surface area (Å²) < 4.78 is 5.26. The highest BCUT2D eigenvalue weighted by Gasteiger charge is 2.27. The first kappa shape index (κ1) is 17.8. The molecule has 2 N–H and O–H groups in total. The normalized spacial score (nSPS) is 16.7. The number of halogens is 1. The van der Waals surface area contributed by atoms with Crippen molar-refractivity contribution in [1.82, 2.24) is 10.6 Å². The summed E-state index contributed by atoms with van der Waals surface area (Å²) in [6.45, 7) is 7.00. The molecule has 21 heavy (non-hydrogen) atoms. The van der Waals surface area contributed by atoms with Crippen LogP contribution in [-0.4, -0.2) is 32.7 Å². The van der Waals surface area contributed by atoms with Crippen LogP contribution in [0.15, 0.2) is 18.2 Å². The molecule has 0 aliphatic carbocycles.